The number of aromatic nitrogens is 1. The highest BCUT2D eigenvalue weighted by Gasteiger charge is 2.15. The molecule has 0 spiro atoms. The Morgan fingerprint density at radius 2 is 2.00 bits per heavy atom. The average Bonchev–Trinajstić information content (AvgIpc) is 2.35. The van der Waals surface area contributed by atoms with Crippen molar-refractivity contribution >= 4 is 11.6 Å². The van der Waals surface area contributed by atoms with Crippen molar-refractivity contribution in [1.82, 2.24) is 10.3 Å². The van der Waals surface area contributed by atoms with Gasteiger partial charge in [-0.1, -0.05) is 29.8 Å². The molecule has 0 radical (unpaired) electrons. The first-order chi connectivity index (χ1) is 8.63. The van der Waals surface area contributed by atoms with Crippen LogP contribution < -0.4 is 5.32 Å². The zero-order chi connectivity index (χ0) is 13.1. The van der Waals surface area contributed by atoms with E-state index in [4.69, 9.17) is 11.6 Å². The minimum Gasteiger partial charge on any atom is -0.309 e. The number of hydrogen-bond acceptors (Lipinski definition) is 2. The Kier molecular flexibility index (Phi) is 4.00. The first kappa shape index (κ1) is 13.1. The monoisotopic (exact) mass is 260 g/mol. The minimum atomic E-state index is 0.121. The van der Waals surface area contributed by atoms with Gasteiger partial charge in [0.1, 0.15) is 0 Å². The van der Waals surface area contributed by atoms with Crippen molar-refractivity contribution < 1.29 is 0 Å². The molecule has 0 amide bonds. The summed E-state index contributed by atoms with van der Waals surface area (Å²) in [6, 6.07) is 8.27. The lowest BCUT2D eigenvalue weighted by Gasteiger charge is -2.20. The number of nitrogens with zero attached hydrogens (tertiary/aromatic N) is 1. The van der Waals surface area contributed by atoms with E-state index in [0.29, 0.717) is 0 Å². The molecule has 0 fully saturated rings. The summed E-state index contributed by atoms with van der Waals surface area (Å²) in [6.07, 6.45) is 3.76. The predicted molar refractivity (Wildman–Crippen MR) is 76.1 cm³/mol. The smallest absolute Gasteiger partial charge is 0.0592 e. The van der Waals surface area contributed by atoms with Gasteiger partial charge >= 0.3 is 0 Å². The largest absolute Gasteiger partial charge is 0.309 e. The third kappa shape index (κ3) is 2.55. The zero-order valence-corrected chi connectivity index (χ0v) is 11.6. The zero-order valence-electron chi connectivity index (χ0n) is 10.9. The first-order valence-electron chi connectivity index (χ1n) is 5.97. The number of aryl methyl sites for hydroxylation is 1. The summed E-state index contributed by atoms with van der Waals surface area (Å²) in [6.45, 7) is 4.10. The van der Waals surface area contributed by atoms with Gasteiger partial charge in [-0.3, -0.25) is 4.98 Å². The molecule has 18 heavy (non-hydrogen) atoms. The third-order valence-electron chi connectivity index (χ3n) is 3.14. The summed E-state index contributed by atoms with van der Waals surface area (Å²) in [5.74, 6) is 0. The second kappa shape index (κ2) is 5.51. The Hall–Kier alpha value is -1.38. The van der Waals surface area contributed by atoms with E-state index in [9.17, 15) is 0 Å². The maximum absolute atomic E-state index is 6.19. The Balaban J connectivity index is 2.49. The average molecular weight is 261 g/mol. The maximum Gasteiger partial charge on any atom is 0.0592 e. The van der Waals surface area contributed by atoms with Gasteiger partial charge in [-0.05, 0) is 49.2 Å². The Bertz CT molecular complexity index is 552. The molecule has 0 aliphatic rings. The lowest BCUT2D eigenvalue weighted by molar-refractivity contribution is 0.684. The van der Waals surface area contributed by atoms with Gasteiger partial charge < -0.3 is 5.32 Å². The molecule has 0 saturated heterocycles. The summed E-state index contributed by atoms with van der Waals surface area (Å²) in [5.41, 5.74) is 4.62. The molecule has 0 bridgehead atoms. The van der Waals surface area contributed by atoms with Crippen molar-refractivity contribution in [3.05, 3.63) is 63.9 Å². The molecule has 1 unspecified atom stereocenters. The third-order valence-corrected chi connectivity index (χ3v) is 3.55. The fraction of sp³-hybridized carbons (Fsp3) is 0.267. The van der Waals surface area contributed by atoms with Gasteiger partial charge in [-0.15, -0.1) is 0 Å². The summed E-state index contributed by atoms with van der Waals surface area (Å²) >= 11 is 6.19. The quantitative estimate of drug-likeness (QED) is 0.911. The van der Waals surface area contributed by atoms with Crippen LogP contribution in [0.3, 0.4) is 0 Å². The lowest BCUT2D eigenvalue weighted by Crippen LogP contribution is -2.19. The second-order valence-electron chi connectivity index (χ2n) is 4.47. The van der Waals surface area contributed by atoms with Crippen LogP contribution in [0.25, 0.3) is 0 Å². The van der Waals surface area contributed by atoms with Crippen LogP contribution in [0.1, 0.15) is 28.3 Å². The summed E-state index contributed by atoms with van der Waals surface area (Å²) < 4.78 is 0. The van der Waals surface area contributed by atoms with E-state index in [-0.39, 0.29) is 6.04 Å². The Morgan fingerprint density at radius 1 is 1.22 bits per heavy atom. The van der Waals surface area contributed by atoms with Crippen LogP contribution in [0.5, 0.6) is 0 Å². The van der Waals surface area contributed by atoms with Crippen molar-refractivity contribution in [2.24, 2.45) is 0 Å². The van der Waals surface area contributed by atoms with Gasteiger partial charge in [0.25, 0.3) is 0 Å². The fourth-order valence-electron chi connectivity index (χ4n) is 2.17. The predicted octanol–water partition coefficient (Wildman–Crippen LogP) is 3.66. The van der Waals surface area contributed by atoms with Crippen molar-refractivity contribution in [2.75, 3.05) is 7.05 Å². The van der Waals surface area contributed by atoms with Crippen molar-refractivity contribution in [3.63, 3.8) is 0 Å². The van der Waals surface area contributed by atoms with Crippen LogP contribution in [0.4, 0.5) is 0 Å². The first-order valence-corrected chi connectivity index (χ1v) is 6.35. The SMILES string of the molecule is CNC(c1cncc(C)c1)c1cccc(Cl)c1C. The van der Waals surface area contributed by atoms with Crippen LogP contribution in [0.2, 0.25) is 5.02 Å². The van der Waals surface area contributed by atoms with Crippen LogP contribution >= 0.6 is 11.6 Å². The topological polar surface area (TPSA) is 24.9 Å². The van der Waals surface area contributed by atoms with Crippen LogP contribution in [0.15, 0.2) is 36.7 Å². The van der Waals surface area contributed by atoms with E-state index in [0.717, 1.165) is 21.7 Å². The normalized spacial score (nSPS) is 12.4. The van der Waals surface area contributed by atoms with Gasteiger partial charge in [-0.25, -0.2) is 0 Å². The maximum atomic E-state index is 6.19. The van der Waals surface area contributed by atoms with Gasteiger partial charge in [0.15, 0.2) is 0 Å². The van der Waals surface area contributed by atoms with Gasteiger partial charge in [-0.2, -0.15) is 0 Å². The molecule has 2 rings (SSSR count). The molecule has 0 aliphatic heterocycles. The molecule has 94 valence electrons. The van der Waals surface area contributed by atoms with Crippen molar-refractivity contribution in [1.29, 1.82) is 0 Å². The molecular formula is C15H17ClN2. The van der Waals surface area contributed by atoms with E-state index < -0.39 is 0 Å². The number of nitrogens with one attached hydrogen (secondary N) is 1. The van der Waals surface area contributed by atoms with E-state index >= 15 is 0 Å². The van der Waals surface area contributed by atoms with Crippen LogP contribution in [0, 0.1) is 13.8 Å². The molecule has 2 nitrogen and oxygen atoms in total. The molecule has 2 aromatic rings. The molecule has 3 heteroatoms. The molecule has 1 heterocycles. The molecule has 1 aromatic heterocycles. The summed E-state index contributed by atoms with van der Waals surface area (Å²) in [5, 5.41) is 4.13. The van der Waals surface area contributed by atoms with Crippen LogP contribution in [-0.2, 0) is 0 Å². The Labute approximate surface area is 113 Å². The second-order valence-corrected chi connectivity index (χ2v) is 4.88. The summed E-state index contributed by atoms with van der Waals surface area (Å²) in [4.78, 5) is 4.26. The van der Waals surface area contributed by atoms with E-state index in [1.165, 1.54) is 5.56 Å². The Morgan fingerprint density at radius 3 is 2.67 bits per heavy atom. The number of rotatable bonds is 3. The fourth-order valence-corrected chi connectivity index (χ4v) is 2.36. The number of benzene rings is 1. The molecule has 1 atom stereocenters. The lowest BCUT2D eigenvalue weighted by atomic mass is 9.95. The highest BCUT2D eigenvalue weighted by Crippen LogP contribution is 2.28. The summed E-state index contributed by atoms with van der Waals surface area (Å²) in [7, 11) is 1.95. The minimum absolute atomic E-state index is 0.121. The van der Waals surface area contributed by atoms with E-state index in [1.807, 2.05) is 45.4 Å². The van der Waals surface area contributed by atoms with Crippen LogP contribution in [-0.4, -0.2) is 12.0 Å². The molecule has 1 aromatic carbocycles. The molecule has 1 N–H and O–H groups in total. The highest BCUT2D eigenvalue weighted by molar-refractivity contribution is 6.31. The highest BCUT2D eigenvalue weighted by atomic mass is 35.5. The van der Waals surface area contributed by atoms with Crippen molar-refractivity contribution in [2.45, 2.75) is 19.9 Å². The number of pyridine rings is 1. The van der Waals surface area contributed by atoms with Gasteiger partial charge in [0.2, 0.25) is 0 Å². The molecular weight excluding hydrogens is 244 g/mol. The number of halogens is 1. The van der Waals surface area contributed by atoms with Gasteiger partial charge in [0.05, 0.1) is 6.04 Å². The van der Waals surface area contributed by atoms with E-state index in [1.54, 1.807) is 0 Å². The molecule has 0 aliphatic carbocycles. The standard InChI is InChI=1S/C15H17ClN2/c1-10-7-12(9-18-8-10)15(17-3)13-5-4-6-14(16)11(13)2/h4-9,15,17H,1-3H3. The van der Waals surface area contributed by atoms with E-state index in [2.05, 4.69) is 22.4 Å². The number of hydrogen-bond donors (Lipinski definition) is 1. The molecule has 0 saturated carbocycles. The van der Waals surface area contributed by atoms with Gasteiger partial charge in [0, 0.05) is 17.4 Å². The van der Waals surface area contributed by atoms with Crippen molar-refractivity contribution in [3.8, 4) is 0 Å².